The number of fused-ring (bicyclic) bond motifs is 1. The van der Waals surface area contributed by atoms with E-state index in [9.17, 15) is 4.79 Å². The number of benzene rings is 2. The van der Waals surface area contributed by atoms with E-state index in [1.54, 1.807) is 6.92 Å². The first-order valence-electron chi connectivity index (χ1n) is 10.4. The zero-order valence-electron chi connectivity index (χ0n) is 17.7. The fraction of sp³-hybridized carbons (Fsp3) is 0.375. The van der Waals surface area contributed by atoms with E-state index in [-0.39, 0.29) is 5.76 Å². The van der Waals surface area contributed by atoms with Gasteiger partial charge in [-0.05, 0) is 84.3 Å². The Morgan fingerprint density at radius 3 is 2.60 bits per heavy atom. The number of hydrogen-bond acceptors (Lipinski definition) is 5. The summed E-state index contributed by atoms with van der Waals surface area (Å²) in [5, 5.41) is 0.979. The fourth-order valence-electron chi connectivity index (χ4n) is 4.12. The number of ether oxygens (including phenoxy) is 1. The van der Waals surface area contributed by atoms with Crippen LogP contribution in [-0.2, 0) is 11.3 Å². The molecule has 1 fully saturated rings. The largest absolute Gasteiger partial charge is 0.460 e. The maximum absolute atomic E-state index is 12.0. The van der Waals surface area contributed by atoms with Crippen LogP contribution in [0, 0.1) is 17.4 Å². The topological polar surface area (TPSA) is 45.9 Å². The maximum Gasteiger partial charge on any atom is 0.374 e. The summed E-state index contributed by atoms with van der Waals surface area (Å²) in [6, 6.07) is 12.4. The van der Waals surface area contributed by atoms with Gasteiger partial charge in [-0.25, -0.2) is 4.79 Å². The minimum Gasteiger partial charge on any atom is -0.460 e. The van der Waals surface area contributed by atoms with Crippen LogP contribution >= 0.6 is 22.6 Å². The fourth-order valence-corrected chi connectivity index (χ4v) is 4.93. The van der Waals surface area contributed by atoms with Crippen molar-refractivity contribution in [2.75, 3.05) is 37.7 Å². The van der Waals surface area contributed by atoms with Gasteiger partial charge in [0, 0.05) is 47.4 Å². The normalized spacial score (nSPS) is 15.0. The van der Waals surface area contributed by atoms with Crippen LogP contribution in [0.4, 0.5) is 5.69 Å². The summed E-state index contributed by atoms with van der Waals surface area (Å²) < 4.78 is 12.1. The van der Waals surface area contributed by atoms with Gasteiger partial charge < -0.3 is 14.1 Å². The predicted molar refractivity (Wildman–Crippen MR) is 128 cm³/mol. The Balaban J connectivity index is 1.48. The van der Waals surface area contributed by atoms with Gasteiger partial charge in [0.25, 0.3) is 0 Å². The molecule has 0 radical (unpaired) electrons. The molecule has 1 aromatic heterocycles. The summed E-state index contributed by atoms with van der Waals surface area (Å²) in [6.07, 6.45) is 0. The standard InChI is InChI=1S/C24H27IN2O3/c1-4-29-24(28)23-14-18-17(3)21(8-9-22(18)30-23)27-12-10-26(11-13-27)15-19-16(2)6-5-7-20(19)25/h5-9,14H,4,10-13,15H2,1-3H3. The monoisotopic (exact) mass is 518 g/mol. The van der Waals surface area contributed by atoms with Crippen molar-refractivity contribution in [3.05, 3.63) is 62.4 Å². The van der Waals surface area contributed by atoms with E-state index < -0.39 is 5.97 Å². The number of hydrogen-bond donors (Lipinski definition) is 0. The predicted octanol–water partition coefficient (Wildman–Crippen LogP) is 5.15. The second-order valence-corrected chi connectivity index (χ2v) is 8.91. The number of esters is 1. The Morgan fingerprint density at radius 1 is 1.13 bits per heavy atom. The van der Waals surface area contributed by atoms with Gasteiger partial charge in [0.05, 0.1) is 6.61 Å². The number of anilines is 1. The van der Waals surface area contributed by atoms with Gasteiger partial charge in [0.1, 0.15) is 5.58 Å². The lowest BCUT2D eigenvalue weighted by Crippen LogP contribution is -2.46. The molecule has 0 spiro atoms. The first-order chi connectivity index (χ1) is 14.5. The Morgan fingerprint density at radius 2 is 1.90 bits per heavy atom. The van der Waals surface area contributed by atoms with Gasteiger partial charge in [-0.1, -0.05) is 12.1 Å². The first-order valence-corrected chi connectivity index (χ1v) is 11.5. The molecule has 158 valence electrons. The first kappa shape index (κ1) is 21.2. The van der Waals surface area contributed by atoms with E-state index in [2.05, 4.69) is 70.5 Å². The summed E-state index contributed by atoms with van der Waals surface area (Å²) >= 11 is 2.44. The highest BCUT2D eigenvalue weighted by atomic mass is 127. The number of furan rings is 1. The average molecular weight is 518 g/mol. The van der Waals surface area contributed by atoms with Crippen LogP contribution in [0.3, 0.4) is 0 Å². The molecule has 0 bridgehead atoms. The Bertz CT molecular complexity index is 1050. The SMILES string of the molecule is CCOC(=O)c1cc2c(C)c(N3CCN(Cc4c(C)cccc4I)CC3)ccc2o1. The molecule has 0 unspecified atom stereocenters. The van der Waals surface area contributed by atoms with Crippen molar-refractivity contribution < 1.29 is 13.9 Å². The van der Waals surface area contributed by atoms with Crippen molar-refractivity contribution in [2.45, 2.75) is 27.3 Å². The summed E-state index contributed by atoms with van der Waals surface area (Å²) in [5.74, 6) is -0.140. The summed E-state index contributed by atoms with van der Waals surface area (Å²) in [7, 11) is 0. The third kappa shape index (κ3) is 4.21. The van der Waals surface area contributed by atoms with Crippen molar-refractivity contribution in [1.29, 1.82) is 0 Å². The number of halogens is 1. The van der Waals surface area contributed by atoms with Crippen LogP contribution in [0.15, 0.2) is 40.8 Å². The molecule has 30 heavy (non-hydrogen) atoms. The third-order valence-electron chi connectivity index (χ3n) is 5.87. The van der Waals surface area contributed by atoms with Gasteiger partial charge in [-0.2, -0.15) is 0 Å². The second-order valence-electron chi connectivity index (χ2n) is 7.75. The van der Waals surface area contributed by atoms with Crippen LogP contribution in [0.2, 0.25) is 0 Å². The number of rotatable bonds is 5. The number of nitrogens with zero attached hydrogens (tertiary/aromatic N) is 2. The van der Waals surface area contributed by atoms with Crippen molar-refractivity contribution in [3.8, 4) is 0 Å². The minimum absolute atomic E-state index is 0.268. The summed E-state index contributed by atoms with van der Waals surface area (Å²) in [5.41, 5.74) is 5.89. The van der Waals surface area contributed by atoms with Crippen LogP contribution < -0.4 is 4.90 Å². The molecule has 1 aliphatic rings. The molecule has 2 aromatic carbocycles. The highest BCUT2D eigenvalue weighted by molar-refractivity contribution is 14.1. The molecule has 0 aliphatic carbocycles. The van der Waals surface area contributed by atoms with Crippen LogP contribution in [0.1, 0.15) is 34.2 Å². The highest BCUT2D eigenvalue weighted by Gasteiger charge is 2.22. The quantitative estimate of drug-likeness (QED) is 0.345. The van der Waals surface area contributed by atoms with Crippen LogP contribution in [0.25, 0.3) is 11.0 Å². The smallest absolute Gasteiger partial charge is 0.374 e. The maximum atomic E-state index is 12.0. The highest BCUT2D eigenvalue weighted by Crippen LogP contribution is 2.31. The van der Waals surface area contributed by atoms with Crippen LogP contribution in [0.5, 0.6) is 0 Å². The van der Waals surface area contributed by atoms with E-state index in [0.717, 1.165) is 49.3 Å². The molecule has 0 atom stereocenters. The zero-order valence-corrected chi connectivity index (χ0v) is 19.9. The molecular formula is C24H27IN2O3. The molecule has 2 heterocycles. The third-order valence-corrected chi connectivity index (χ3v) is 6.88. The second kappa shape index (κ2) is 8.98. The molecule has 4 rings (SSSR count). The van der Waals surface area contributed by atoms with E-state index in [1.807, 2.05) is 12.1 Å². The molecule has 3 aromatic rings. The van der Waals surface area contributed by atoms with Gasteiger partial charge in [0.15, 0.2) is 0 Å². The summed E-state index contributed by atoms with van der Waals surface area (Å²) in [6.45, 7) is 11.5. The Kier molecular flexibility index (Phi) is 6.34. The molecule has 5 nitrogen and oxygen atoms in total. The lowest BCUT2D eigenvalue weighted by Gasteiger charge is -2.37. The molecular weight excluding hydrogens is 491 g/mol. The van der Waals surface area contributed by atoms with Gasteiger partial charge in [0.2, 0.25) is 5.76 Å². The van der Waals surface area contributed by atoms with E-state index in [1.165, 1.54) is 20.4 Å². The lowest BCUT2D eigenvalue weighted by molar-refractivity contribution is 0.0492. The average Bonchev–Trinajstić information content (AvgIpc) is 3.18. The van der Waals surface area contributed by atoms with Crippen LogP contribution in [-0.4, -0.2) is 43.7 Å². The van der Waals surface area contributed by atoms with Crippen molar-refractivity contribution in [2.24, 2.45) is 0 Å². The van der Waals surface area contributed by atoms with E-state index in [0.29, 0.717) is 6.61 Å². The molecule has 0 saturated carbocycles. The van der Waals surface area contributed by atoms with Gasteiger partial charge in [-0.3, -0.25) is 4.90 Å². The Labute approximate surface area is 191 Å². The number of carbonyl (C=O) groups excluding carboxylic acids is 1. The Hall–Kier alpha value is -2.06. The molecule has 6 heteroatoms. The number of aryl methyl sites for hydroxylation is 2. The van der Waals surface area contributed by atoms with Gasteiger partial charge in [-0.15, -0.1) is 0 Å². The molecule has 1 saturated heterocycles. The molecule has 0 amide bonds. The van der Waals surface area contributed by atoms with Gasteiger partial charge >= 0.3 is 5.97 Å². The van der Waals surface area contributed by atoms with Crippen molar-refractivity contribution >= 4 is 45.2 Å². The minimum atomic E-state index is -0.408. The summed E-state index contributed by atoms with van der Waals surface area (Å²) in [4.78, 5) is 17.0. The number of piperazine rings is 1. The molecule has 0 N–H and O–H groups in total. The zero-order chi connectivity index (χ0) is 21.3. The molecule has 1 aliphatic heterocycles. The lowest BCUT2D eigenvalue weighted by atomic mass is 10.1. The van der Waals surface area contributed by atoms with Crippen molar-refractivity contribution in [1.82, 2.24) is 4.90 Å². The van der Waals surface area contributed by atoms with E-state index in [4.69, 9.17) is 9.15 Å². The van der Waals surface area contributed by atoms with Crippen molar-refractivity contribution in [3.63, 3.8) is 0 Å². The van der Waals surface area contributed by atoms with E-state index >= 15 is 0 Å². The number of carbonyl (C=O) groups is 1.